The lowest BCUT2D eigenvalue weighted by Gasteiger charge is -2.07. The number of nitrogens with one attached hydrogen (secondary N) is 1. The highest BCUT2D eigenvalue weighted by Crippen LogP contribution is 2.19. The van der Waals surface area contributed by atoms with Gasteiger partial charge in [0.15, 0.2) is 0 Å². The highest BCUT2D eigenvalue weighted by Gasteiger charge is 2.06. The van der Waals surface area contributed by atoms with Crippen LogP contribution in [0.25, 0.3) is 0 Å². The van der Waals surface area contributed by atoms with Gasteiger partial charge < -0.3 is 5.32 Å². The fraction of sp³-hybridized carbons (Fsp3) is 0.154. The minimum atomic E-state index is -2.47. The van der Waals surface area contributed by atoms with Gasteiger partial charge in [0.05, 0.1) is 11.9 Å². The number of anilines is 1. The Kier molecular flexibility index (Phi) is 3.82. The van der Waals surface area contributed by atoms with Gasteiger partial charge in [-0.15, -0.1) is 0 Å². The van der Waals surface area contributed by atoms with E-state index in [4.69, 9.17) is 0 Å². The fourth-order valence-electron chi connectivity index (χ4n) is 1.52. The molecule has 1 aromatic heterocycles. The maximum Gasteiger partial charge on any atom is 0.263 e. The van der Waals surface area contributed by atoms with E-state index in [0.29, 0.717) is 12.2 Å². The van der Waals surface area contributed by atoms with E-state index in [2.05, 4.69) is 10.3 Å². The Bertz CT molecular complexity index is 512. The van der Waals surface area contributed by atoms with Gasteiger partial charge >= 0.3 is 0 Å². The van der Waals surface area contributed by atoms with E-state index >= 15 is 0 Å². The third-order valence-electron chi connectivity index (χ3n) is 2.43. The van der Waals surface area contributed by atoms with Crippen LogP contribution >= 0.6 is 0 Å². The van der Waals surface area contributed by atoms with Gasteiger partial charge in [-0.25, -0.2) is 13.8 Å². The van der Waals surface area contributed by atoms with Gasteiger partial charge in [-0.1, -0.05) is 18.2 Å². The first-order chi connectivity index (χ1) is 8.65. The number of rotatable bonds is 4. The smallest absolute Gasteiger partial charge is 0.263 e. The van der Waals surface area contributed by atoms with E-state index in [1.54, 1.807) is 18.2 Å². The summed E-state index contributed by atoms with van der Waals surface area (Å²) in [6, 6.07) is 8.93. The fourth-order valence-corrected chi connectivity index (χ4v) is 1.52. The average molecular weight is 252 g/mol. The molecule has 0 bridgehead atoms. The highest BCUT2D eigenvalue weighted by molar-refractivity contribution is 5.41. The third-order valence-corrected chi connectivity index (χ3v) is 2.43. The van der Waals surface area contributed by atoms with Gasteiger partial charge in [-0.3, -0.25) is 0 Å². The van der Waals surface area contributed by atoms with Crippen LogP contribution in [0.1, 0.15) is 17.6 Å². The Balaban J connectivity index is 2.01. The Morgan fingerprint density at radius 2 is 2.00 bits per heavy atom. The van der Waals surface area contributed by atoms with Crippen LogP contribution in [0.15, 0.2) is 42.6 Å². The van der Waals surface area contributed by atoms with Gasteiger partial charge in [0.1, 0.15) is 0 Å². The Morgan fingerprint density at radius 3 is 2.67 bits per heavy atom. The largest absolute Gasteiger partial charge is 0.380 e. The minimum Gasteiger partial charge on any atom is -0.380 e. The number of halogens is 3. The summed E-state index contributed by atoms with van der Waals surface area (Å²) in [4.78, 5) is 3.49. The molecule has 0 aliphatic carbocycles. The maximum atomic E-state index is 12.6. The van der Waals surface area contributed by atoms with Gasteiger partial charge in [0, 0.05) is 12.1 Å². The topological polar surface area (TPSA) is 24.9 Å². The van der Waals surface area contributed by atoms with Crippen LogP contribution in [0.2, 0.25) is 0 Å². The molecule has 18 heavy (non-hydrogen) atoms. The van der Waals surface area contributed by atoms with Crippen molar-refractivity contribution < 1.29 is 13.2 Å². The molecule has 0 atom stereocenters. The molecular weight excluding hydrogens is 241 g/mol. The zero-order chi connectivity index (χ0) is 13.0. The molecule has 5 heteroatoms. The van der Waals surface area contributed by atoms with Gasteiger partial charge in [-0.2, -0.15) is 4.39 Å². The summed E-state index contributed by atoms with van der Waals surface area (Å²) in [5.74, 6) is -0.555. The molecule has 0 fully saturated rings. The van der Waals surface area contributed by atoms with Gasteiger partial charge in [0.2, 0.25) is 5.95 Å². The number of alkyl halides is 2. The third kappa shape index (κ3) is 3.23. The summed E-state index contributed by atoms with van der Waals surface area (Å²) in [5.41, 5.74) is 1.36. The van der Waals surface area contributed by atoms with Crippen molar-refractivity contribution in [3.63, 3.8) is 0 Å². The molecule has 2 nitrogen and oxygen atoms in total. The van der Waals surface area contributed by atoms with Crippen LogP contribution in [0, 0.1) is 5.95 Å². The molecule has 1 N–H and O–H groups in total. The van der Waals surface area contributed by atoms with Crippen molar-refractivity contribution in [2.45, 2.75) is 13.0 Å². The average Bonchev–Trinajstić information content (AvgIpc) is 2.38. The molecule has 0 amide bonds. The molecule has 94 valence electrons. The first kappa shape index (κ1) is 12.4. The van der Waals surface area contributed by atoms with E-state index in [-0.39, 0.29) is 5.56 Å². The predicted molar refractivity (Wildman–Crippen MR) is 62.9 cm³/mol. The number of hydrogen-bond donors (Lipinski definition) is 1. The standard InChI is InChI=1S/C13H11F3N2/c14-12-5-4-11(8-18-12)17-7-9-2-1-3-10(6-9)13(15)16/h1-6,8,13,17H,7H2. The summed E-state index contributed by atoms with van der Waals surface area (Å²) in [6.07, 6.45) is -1.12. The number of benzene rings is 1. The number of pyridine rings is 1. The summed E-state index contributed by atoms with van der Waals surface area (Å²) < 4.78 is 37.5. The summed E-state index contributed by atoms with van der Waals surface area (Å²) in [5, 5.41) is 2.98. The van der Waals surface area contributed by atoms with E-state index < -0.39 is 12.4 Å². The summed E-state index contributed by atoms with van der Waals surface area (Å²) >= 11 is 0. The monoisotopic (exact) mass is 252 g/mol. The lowest BCUT2D eigenvalue weighted by atomic mass is 10.1. The van der Waals surface area contributed by atoms with Crippen molar-refractivity contribution >= 4 is 5.69 Å². The molecule has 0 spiro atoms. The van der Waals surface area contributed by atoms with Crippen LogP contribution in [0.4, 0.5) is 18.9 Å². The van der Waals surface area contributed by atoms with E-state index in [9.17, 15) is 13.2 Å². The van der Waals surface area contributed by atoms with Crippen LogP contribution in [0.3, 0.4) is 0 Å². The van der Waals surface area contributed by atoms with Crippen LogP contribution in [0.5, 0.6) is 0 Å². The van der Waals surface area contributed by atoms with Crippen molar-refractivity contribution in [3.8, 4) is 0 Å². The van der Waals surface area contributed by atoms with Gasteiger partial charge in [0.25, 0.3) is 6.43 Å². The molecule has 1 aromatic carbocycles. The maximum absolute atomic E-state index is 12.6. The number of hydrogen-bond acceptors (Lipinski definition) is 2. The second-order valence-electron chi connectivity index (χ2n) is 3.77. The molecule has 0 unspecified atom stereocenters. The zero-order valence-corrected chi connectivity index (χ0v) is 9.41. The second-order valence-corrected chi connectivity index (χ2v) is 3.77. The lowest BCUT2D eigenvalue weighted by molar-refractivity contribution is 0.151. The molecule has 2 aromatic rings. The molecule has 0 aliphatic rings. The first-order valence-corrected chi connectivity index (χ1v) is 5.37. The number of aromatic nitrogens is 1. The van der Waals surface area contributed by atoms with E-state index in [1.807, 2.05) is 0 Å². The normalized spacial score (nSPS) is 10.7. The summed E-state index contributed by atoms with van der Waals surface area (Å²) in [6.45, 7) is 0.383. The molecule has 0 saturated heterocycles. The van der Waals surface area contributed by atoms with Crippen molar-refractivity contribution in [1.82, 2.24) is 4.98 Å². The minimum absolute atomic E-state index is 0.00784. The van der Waals surface area contributed by atoms with Crippen molar-refractivity contribution in [2.75, 3.05) is 5.32 Å². The van der Waals surface area contributed by atoms with Crippen LogP contribution in [-0.2, 0) is 6.54 Å². The van der Waals surface area contributed by atoms with E-state index in [1.165, 1.54) is 24.4 Å². The molecule has 1 heterocycles. The molecule has 2 rings (SSSR count). The predicted octanol–water partition coefficient (Wildman–Crippen LogP) is 3.77. The summed E-state index contributed by atoms with van der Waals surface area (Å²) in [7, 11) is 0. The van der Waals surface area contributed by atoms with E-state index in [0.717, 1.165) is 5.56 Å². The molecular formula is C13H11F3N2. The van der Waals surface area contributed by atoms with Crippen molar-refractivity contribution in [2.24, 2.45) is 0 Å². The Labute approximate surface area is 102 Å². The number of nitrogens with zero attached hydrogens (tertiary/aromatic N) is 1. The van der Waals surface area contributed by atoms with Crippen molar-refractivity contribution in [1.29, 1.82) is 0 Å². The van der Waals surface area contributed by atoms with Gasteiger partial charge in [-0.05, 0) is 23.8 Å². The second kappa shape index (κ2) is 5.53. The lowest BCUT2D eigenvalue weighted by Crippen LogP contribution is -2.00. The van der Waals surface area contributed by atoms with Crippen LogP contribution in [-0.4, -0.2) is 4.98 Å². The zero-order valence-electron chi connectivity index (χ0n) is 9.41. The Hall–Kier alpha value is -2.04. The Morgan fingerprint density at radius 1 is 1.17 bits per heavy atom. The first-order valence-electron chi connectivity index (χ1n) is 5.37. The molecule has 0 saturated carbocycles. The van der Waals surface area contributed by atoms with Crippen LogP contribution < -0.4 is 5.32 Å². The van der Waals surface area contributed by atoms with Crippen molar-refractivity contribution in [3.05, 3.63) is 59.7 Å². The molecule has 0 aliphatic heterocycles. The quantitative estimate of drug-likeness (QED) is 0.838. The highest BCUT2D eigenvalue weighted by atomic mass is 19.3. The SMILES string of the molecule is Fc1ccc(NCc2cccc(C(F)F)c2)cn1. The molecule has 0 radical (unpaired) electrons.